The average Bonchev–Trinajstić information content (AvgIpc) is 2.80. The predicted octanol–water partition coefficient (Wildman–Crippen LogP) is 1.22. The number of ether oxygens (including phenoxy) is 8. The summed E-state index contributed by atoms with van der Waals surface area (Å²) in [4.78, 5) is 60.2. The number of hydrogen-bond donors (Lipinski definition) is 0. The zero-order valence-corrected chi connectivity index (χ0v) is 21.3. The van der Waals surface area contributed by atoms with Crippen LogP contribution in [0.3, 0.4) is 0 Å². The van der Waals surface area contributed by atoms with Crippen molar-refractivity contribution in [2.75, 3.05) is 13.7 Å². The van der Waals surface area contributed by atoms with Gasteiger partial charge in [-0.05, 0) is 24.6 Å². The minimum Gasteiger partial charge on any atom is -0.493 e. The fourth-order valence-corrected chi connectivity index (χ4v) is 3.54. The molecule has 0 radical (unpaired) electrons. The Morgan fingerprint density at radius 3 is 1.89 bits per heavy atom. The number of hydrogen-bond acceptors (Lipinski definition) is 13. The van der Waals surface area contributed by atoms with Crippen molar-refractivity contribution in [3.8, 4) is 11.5 Å². The van der Waals surface area contributed by atoms with Crippen LogP contribution in [-0.4, -0.2) is 74.3 Å². The molecule has 0 saturated carbocycles. The Morgan fingerprint density at radius 2 is 1.35 bits per heavy atom. The molecule has 1 aliphatic rings. The van der Waals surface area contributed by atoms with Gasteiger partial charge >= 0.3 is 29.8 Å². The smallest absolute Gasteiger partial charge is 0.339 e. The van der Waals surface area contributed by atoms with Gasteiger partial charge in [0.2, 0.25) is 12.4 Å². The second-order valence-electron chi connectivity index (χ2n) is 7.78. The highest BCUT2D eigenvalue weighted by Gasteiger charge is 2.56. The van der Waals surface area contributed by atoms with E-state index in [0.29, 0.717) is 23.7 Å². The van der Waals surface area contributed by atoms with E-state index >= 15 is 0 Å². The van der Waals surface area contributed by atoms with Crippen molar-refractivity contribution in [2.45, 2.75) is 71.9 Å². The fourth-order valence-electron chi connectivity index (χ4n) is 3.54. The lowest BCUT2D eigenvalue weighted by molar-refractivity contribution is -0.294. The Morgan fingerprint density at radius 1 is 0.784 bits per heavy atom. The third kappa shape index (κ3) is 8.34. The molecule has 1 aromatic rings. The van der Waals surface area contributed by atoms with Crippen LogP contribution in [0.4, 0.5) is 0 Å². The monoisotopic (exact) mass is 526 g/mol. The molecule has 1 heterocycles. The summed E-state index contributed by atoms with van der Waals surface area (Å²) in [5.41, 5.74) is 0.527. The first-order chi connectivity index (χ1) is 17.5. The first kappa shape index (κ1) is 29.4. The van der Waals surface area contributed by atoms with Gasteiger partial charge in [-0.25, -0.2) is 4.79 Å². The first-order valence-corrected chi connectivity index (χ1v) is 11.3. The van der Waals surface area contributed by atoms with E-state index in [1.807, 2.05) is 6.92 Å². The number of rotatable bonds is 10. The molecule has 1 aliphatic heterocycles. The highest BCUT2D eigenvalue weighted by atomic mass is 16.7. The molecule has 0 unspecified atom stereocenters. The summed E-state index contributed by atoms with van der Waals surface area (Å²) in [5, 5.41) is 0. The quantitative estimate of drug-likeness (QED) is 0.317. The number of carbonyl (C=O) groups excluding carboxylic acids is 5. The Kier molecular flexibility index (Phi) is 10.7. The van der Waals surface area contributed by atoms with Gasteiger partial charge in [-0.2, -0.15) is 0 Å². The first-order valence-electron chi connectivity index (χ1n) is 11.3. The van der Waals surface area contributed by atoms with Gasteiger partial charge in [0.05, 0.1) is 13.7 Å². The summed E-state index contributed by atoms with van der Waals surface area (Å²) in [6.45, 7) is 6.20. The van der Waals surface area contributed by atoms with Gasteiger partial charge in [0, 0.05) is 27.7 Å². The zero-order valence-electron chi connectivity index (χ0n) is 21.3. The fraction of sp³-hybridized carbons (Fsp3) is 0.542. The average molecular weight is 526 g/mol. The highest BCUT2D eigenvalue weighted by molar-refractivity contribution is 5.77. The molecule has 204 valence electrons. The largest absolute Gasteiger partial charge is 0.493 e. The second-order valence-corrected chi connectivity index (χ2v) is 7.78. The minimum atomic E-state index is -1.71. The topological polar surface area (TPSA) is 159 Å². The molecule has 37 heavy (non-hydrogen) atoms. The lowest BCUT2D eigenvalue weighted by Gasteiger charge is -2.42. The molecular weight excluding hydrogens is 496 g/mol. The van der Waals surface area contributed by atoms with E-state index in [9.17, 15) is 24.0 Å². The van der Waals surface area contributed by atoms with E-state index in [4.69, 9.17) is 37.9 Å². The van der Waals surface area contributed by atoms with Crippen molar-refractivity contribution in [1.82, 2.24) is 0 Å². The second kappa shape index (κ2) is 13.4. The van der Waals surface area contributed by atoms with Crippen molar-refractivity contribution >= 4 is 29.8 Å². The van der Waals surface area contributed by atoms with Crippen LogP contribution < -0.4 is 9.47 Å². The maximum absolute atomic E-state index is 13.1. The third-order valence-electron chi connectivity index (χ3n) is 4.82. The molecule has 13 nitrogen and oxygen atoms in total. The molecular formula is C24H30O13. The van der Waals surface area contributed by atoms with Gasteiger partial charge < -0.3 is 37.9 Å². The number of carbonyl (C=O) groups is 5. The number of methoxy groups -OCH3 is 1. The van der Waals surface area contributed by atoms with Crippen molar-refractivity contribution in [1.29, 1.82) is 0 Å². The van der Waals surface area contributed by atoms with Crippen molar-refractivity contribution in [2.24, 2.45) is 0 Å². The molecule has 0 bridgehead atoms. The van der Waals surface area contributed by atoms with Crippen molar-refractivity contribution < 1.29 is 61.9 Å². The van der Waals surface area contributed by atoms with E-state index in [1.54, 1.807) is 18.2 Å². The van der Waals surface area contributed by atoms with E-state index in [0.717, 1.165) is 27.7 Å². The van der Waals surface area contributed by atoms with Gasteiger partial charge in [-0.1, -0.05) is 6.07 Å². The lowest BCUT2D eigenvalue weighted by Crippen LogP contribution is -2.64. The Balaban J connectivity index is 2.36. The van der Waals surface area contributed by atoms with E-state index in [-0.39, 0.29) is 6.61 Å². The summed E-state index contributed by atoms with van der Waals surface area (Å²) >= 11 is 0. The lowest BCUT2D eigenvalue weighted by atomic mass is 9.97. The molecule has 0 aromatic heterocycles. The van der Waals surface area contributed by atoms with E-state index in [1.165, 1.54) is 7.11 Å². The summed E-state index contributed by atoms with van der Waals surface area (Å²) < 4.78 is 42.4. The van der Waals surface area contributed by atoms with Crippen LogP contribution in [0.15, 0.2) is 18.2 Å². The molecule has 0 N–H and O–H groups in total. The van der Waals surface area contributed by atoms with E-state index in [2.05, 4.69) is 0 Å². The molecule has 0 aliphatic carbocycles. The van der Waals surface area contributed by atoms with Crippen LogP contribution in [0.2, 0.25) is 0 Å². The summed E-state index contributed by atoms with van der Waals surface area (Å²) in [6.07, 6.45) is -8.10. The molecule has 2 rings (SSSR count). The maximum Gasteiger partial charge on any atom is 0.339 e. The standard InChI is InChI=1S/C24H30O13/c1-7-31-17-9-8-16(10-18(17)30-6)11-32-23(29)21-19(33-12(2)25)20(34-13(3)26)22(35-14(4)27)24(37-21)36-15(5)28/h8-10,19-22,24H,7,11H2,1-6H3/t19-,20-,21-,22+,24+/m0/s1. The van der Waals surface area contributed by atoms with Crippen LogP contribution in [0.25, 0.3) is 0 Å². The molecule has 1 aromatic carbocycles. The van der Waals surface area contributed by atoms with Crippen LogP contribution in [0.5, 0.6) is 11.5 Å². The predicted molar refractivity (Wildman–Crippen MR) is 121 cm³/mol. The summed E-state index contributed by atoms with van der Waals surface area (Å²) in [6, 6.07) is 4.89. The van der Waals surface area contributed by atoms with Crippen LogP contribution in [0, 0.1) is 0 Å². The number of benzene rings is 1. The molecule has 1 fully saturated rings. The SMILES string of the molecule is CCOc1ccc(COC(=O)[C@H]2O[C@@H](OC(C)=O)[C@H](OC(C)=O)[C@@H](OC(C)=O)[C@@H]2OC(C)=O)cc1OC. The van der Waals surface area contributed by atoms with Gasteiger partial charge in [0.1, 0.15) is 6.61 Å². The van der Waals surface area contributed by atoms with Gasteiger partial charge in [-0.3, -0.25) is 19.2 Å². The molecule has 0 amide bonds. The summed E-state index contributed by atoms with van der Waals surface area (Å²) in [7, 11) is 1.46. The van der Waals surface area contributed by atoms with Gasteiger partial charge in [-0.15, -0.1) is 0 Å². The normalized spacial score (nSPS) is 22.7. The van der Waals surface area contributed by atoms with Gasteiger partial charge in [0.15, 0.2) is 29.8 Å². The third-order valence-corrected chi connectivity index (χ3v) is 4.82. The van der Waals surface area contributed by atoms with Crippen LogP contribution in [-0.2, 0) is 59.0 Å². The van der Waals surface area contributed by atoms with Gasteiger partial charge in [0.25, 0.3) is 0 Å². The maximum atomic E-state index is 13.1. The molecule has 0 spiro atoms. The van der Waals surface area contributed by atoms with Crippen molar-refractivity contribution in [3.05, 3.63) is 23.8 Å². The molecule has 5 atom stereocenters. The van der Waals surface area contributed by atoms with Crippen LogP contribution in [0.1, 0.15) is 40.2 Å². The molecule has 13 heteroatoms. The minimum absolute atomic E-state index is 0.252. The highest BCUT2D eigenvalue weighted by Crippen LogP contribution is 2.31. The molecule has 1 saturated heterocycles. The van der Waals surface area contributed by atoms with Crippen molar-refractivity contribution in [3.63, 3.8) is 0 Å². The van der Waals surface area contributed by atoms with E-state index < -0.39 is 60.6 Å². The Bertz CT molecular complexity index is 1000. The summed E-state index contributed by atoms with van der Waals surface area (Å²) in [5.74, 6) is -3.51. The Hall–Kier alpha value is -3.87. The van der Waals surface area contributed by atoms with Crippen LogP contribution >= 0.6 is 0 Å². The number of esters is 5. The Labute approximate surface area is 213 Å². The zero-order chi connectivity index (χ0) is 27.7.